The largest absolute Gasteiger partial charge is 0.368 e. The lowest BCUT2D eigenvalue weighted by Crippen LogP contribution is -2.52. The number of urea groups is 1. The van der Waals surface area contributed by atoms with Crippen molar-refractivity contribution in [2.45, 2.75) is 13.0 Å². The lowest BCUT2D eigenvalue weighted by Gasteiger charge is -2.36. The zero-order chi connectivity index (χ0) is 16.9. The van der Waals surface area contributed by atoms with Crippen molar-refractivity contribution < 1.29 is 4.79 Å². The van der Waals surface area contributed by atoms with Crippen molar-refractivity contribution in [3.05, 3.63) is 59.4 Å². The van der Waals surface area contributed by atoms with E-state index < -0.39 is 0 Å². The monoisotopic (exact) mass is 344 g/mol. The van der Waals surface area contributed by atoms with Gasteiger partial charge >= 0.3 is 6.03 Å². The Hall–Kier alpha value is -2.27. The summed E-state index contributed by atoms with van der Waals surface area (Å²) in [5, 5.41) is 3.77. The van der Waals surface area contributed by atoms with E-state index >= 15 is 0 Å². The number of rotatable bonds is 3. The van der Waals surface area contributed by atoms with Crippen LogP contribution in [0.3, 0.4) is 0 Å². The van der Waals surface area contributed by atoms with Crippen LogP contribution in [-0.2, 0) is 0 Å². The molecule has 0 radical (unpaired) electrons. The van der Waals surface area contributed by atoms with Crippen LogP contribution in [0.4, 0.5) is 10.5 Å². The lowest BCUT2D eigenvalue weighted by atomic mass is 10.1. The molecule has 1 aliphatic heterocycles. The average molecular weight is 345 g/mol. The Morgan fingerprint density at radius 3 is 2.67 bits per heavy atom. The minimum Gasteiger partial charge on any atom is -0.368 e. The summed E-state index contributed by atoms with van der Waals surface area (Å²) in [6.07, 6.45) is 3.51. The molecule has 0 spiro atoms. The molecule has 2 amide bonds. The highest BCUT2D eigenvalue weighted by Crippen LogP contribution is 2.21. The van der Waals surface area contributed by atoms with E-state index in [1.165, 1.54) is 0 Å². The van der Waals surface area contributed by atoms with E-state index in [9.17, 15) is 4.79 Å². The third-order valence-corrected chi connectivity index (χ3v) is 4.50. The van der Waals surface area contributed by atoms with Gasteiger partial charge in [-0.25, -0.2) is 4.79 Å². The van der Waals surface area contributed by atoms with Crippen LogP contribution in [0.25, 0.3) is 0 Å². The van der Waals surface area contributed by atoms with Gasteiger partial charge in [-0.05, 0) is 36.8 Å². The Morgan fingerprint density at radius 1 is 1.21 bits per heavy atom. The van der Waals surface area contributed by atoms with Crippen molar-refractivity contribution in [1.29, 1.82) is 0 Å². The van der Waals surface area contributed by atoms with E-state index in [0.29, 0.717) is 13.1 Å². The number of benzene rings is 1. The third-order valence-electron chi connectivity index (χ3n) is 4.26. The van der Waals surface area contributed by atoms with E-state index in [2.05, 4.69) is 15.2 Å². The molecule has 1 aromatic heterocycles. The Bertz CT molecular complexity index is 686. The van der Waals surface area contributed by atoms with Gasteiger partial charge in [-0.15, -0.1) is 0 Å². The molecule has 1 N–H and O–H groups in total. The fourth-order valence-corrected chi connectivity index (χ4v) is 3.02. The Balaban J connectivity index is 1.53. The van der Waals surface area contributed by atoms with Crippen LogP contribution in [-0.4, -0.2) is 42.1 Å². The maximum atomic E-state index is 12.4. The molecule has 1 saturated heterocycles. The van der Waals surface area contributed by atoms with Gasteiger partial charge < -0.3 is 15.1 Å². The number of nitrogens with one attached hydrogen (secondary N) is 1. The Labute approximate surface area is 147 Å². The first-order valence-corrected chi connectivity index (χ1v) is 8.47. The van der Waals surface area contributed by atoms with Crippen LogP contribution in [0.1, 0.15) is 18.5 Å². The van der Waals surface area contributed by atoms with Gasteiger partial charge in [-0.1, -0.05) is 23.7 Å². The number of carbonyl (C=O) groups excluding carboxylic acids is 1. The molecule has 1 fully saturated rings. The van der Waals surface area contributed by atoms with E-state index in [1.807, 2.05) is 48.2 Å². The number of amides is 2. The van der Waals surface area contributed by atoms with Gasteiger partial charge in [0.15, 0.2) is 0 Å². The van der Waals surface area contributed by atoms with Gasteiger partial charge in [-0.3, -0.25) is 4.98 Å². The summed E-state index contributed by atoms with van der Waals surface area (Å²) in [4.78, 5) is 20.6. The second-order valence-electron chi connectivity index (χ2n) is 5.91. The van der Waals surface area contributed by atoms with Crippen molar-refractivity contribution in [3.63, 3.8) is 0 Å². The number of halogens is 1. The first-order chi connectivity index (χ1) is 11.6. The highest BCUT2D eigenvalue weighted by Gasteiger charge is 2.22. The van der Waals surface area contributed by atoms with E-state index in [4.69, 9.17) is 11.6 Å². The predicted molar refractivity (Wildman–Crippen MR) is 96.4 cm³/mol. The highest BCUT2D eigenvalue weighted by molar-refractivity contribution is 6.30. The van der Waals surface area contributed by atoms with Crippen LogP contribution in [0, 0.1) is 0 Å². The third kappa shape index (κ3) is 3.97. The molecule has 1 unspecified atom stereocenters. The maximum absolute atomic E-state index is 12.4. The number of pyridine rings is 1. The minimum absolute atomic E-state index is 0.0305. The van der Waals surface area contributed by atoms with Gasteiger partial charge in [0.1, 0.15) is 0 Å². The lowest BCUT2D eigenvalue weighted by molar-refractivity contribution is 0.191. The van der Waals surface area contributed by atoms with Gasteiger partial charge in [0, 0.05) is 49.3 Å². The fourth-order valence-electron chi connectivity index (χ4n) is 2.83. The summed E-state index contributed by atoms with van der Waals surface area (Å²) in [5.74, 6) is 0. The quantitative estimate of drug-likeness (QED) is 0.929. The molecule has 1 aliphatic rings. The number of carbonyl (C=O) groups is 1. The second-order valence-corrected chi connectivity index (χ2v) is 6.35. The molecule has 5 nitrogen and oxygen atoms in total. The second kappa shape index (κ2) is 7.53. The van der Waals surface area contributed by atoms with E-state index in [0.717, 1.165) is 29.4 Å². The number of anilines is 1. The van der Waals surface area contributed by atoms with Crippen LogP contribution >= 0.6 is 11.6 Å². The zero-order valence-electron chi connectivity index (χ0n) is 13.7. The molecular weight excluding hydrogens is 324 g/mol. The molecule has 6 heteroatoms. The Morgan fingerprint density at radius 2 is 2.00 bits per heavy atom. The standard InChI is InChI=1S/C18H21ClN4O/c1-14(15-4-3-7-20-13-15)21-18(24)23-10-8-22(9-11-23)17-6-2-5-16(19)12-17/h2-7,12-14H,8-11H2,1H3,(H,21,24). The summed E-state index contributed by atoms with van der Waals surface area (Å²) in [5.41, 5.74) is 2.11. The van der Waals surface area contributed by atoms with Crippen molar-refractivity contribution in [1.82, 2.24) is 15.2 Å². The summed E-state index contributed by atoms with van der Waals surface area (Å²) in [6, 6.07) is 11.6. The molecule has 2 aromatic rings. The summed E-state index contributed by atoms with van der Waals surface area (Å²) < 4.78 is 0. The number of nitrogens with zero attached hydrogens (tertiary/aromatic N) is 3. The van der Waals surface area contributed by atoms with Crippen molar-refractivity contribution in [2.24, 2.45) is 0 Å². The number of hydrogen-bond acceptors (Lipinski definition) is 3. The van der Waals surface area contributed by atoms with Crippen LogP contribution in [0.2, 0.25) is 5.02 Å². The van der Waals surface area contributed by atoms with Crippen molar-refractivity contribution in [3.8, 4) is 0 Å². The fraction of sp³-hybridized carbons (Fsp3) is 0.333. The predicted octanol–water partition coefficient (Wildman–Crippen LogP) is 3.33. The van der Waals surface area contributed by atoms with Crippen molar-refractivity contribution in [2.75, 3.05) is 31.1 Å². The first kappa shape index (κ1) is 16.6. The molecule has 1 aromatic carbocycles. The zero-order valence-corrected chi connectivity index (χ0v) is 14.4. The molecule has 24 heavy (non-hydrogen) atoms. The van der Waals surface area contributed by atoms with Crippen LogP contribution < -0.4 is 10.2 Å². The number of hydrogen-bond donors (Lipinski definition) is 1. The maximum Gasteiger partial charge on any atom is 0.317 e. The molecule has 1 atom stereocenters. The smallest absolute Gasteiger partial charge is 0.317 e. The summed E-state index contributed by atoms with van der Waals surface area (Å²) in [7, 11) is 0. The molecule has 2 heterocycles. The molecule has 0 bridgehead atoms. The first-order valence-electron chi connectivity index (χ1n) is 8.09. The van der Waals surface area contributed by atoms with Gasteiger partial charge in [0.25, 0.3) is 0 Å². The molecule has 0 saturated carbocycles. The summed E-state index contributed by atoms with van der Waals surface area (Å²) >= 11 is 6.05. The number of aromatic nitrogens is 1. The number of piperazine rings is 1. The normalized spacial score (nSPS) is 15.9. The summed E-state index contributed by atoms with van der Waals surface area (Å²) in [6.45, 7) is 4.96. The van der Waals surface area contributed by atoms with Gasteiger partial charge in [0.05, 0.1) is 6.04 Å². The molecule has 0 aliphatic carbocycles. The molecule has 126 valence electrons. The van der Waals surface area contributed by atoms with Crippen LogP contribution in [0.5, 0.6) is 0 Å². The van der Waals surface area contributed by atoms with Crippen molar-refractivity contribution >= 4 is 23.3 Å². The average Bonchev–Trinajstić information content (AvgIpc) is 2.62. The SMILES string of the molecule is CC(NC(=O)N1CCN(c2cccc(Cl)c2)CC1)c1cccnc1. The van der Waals surface area contributed by atoms with Gasteiger partial charge in [0.2, 0.25) is 0 Å². The Kier molecular flexibility index (Phi) is 5.20. The van der Waals surface area contributed by atoms with E-state index in [1.54, 1.807) is 12.4 Å². The molecule has 3 rings (SSSR count). The van der Waals surface area contributed by atoms with Crippen LogP contribution in [0.15, 0.2) is 48.8 Å². The van der Waals surface area contributed by atoms with Gasteiger partial charge in [-0.2, -0.15) is 0 Å². The topological polar surface area (TPSA) is 48.5 Å². The highest BCUT2D eigenvalue weighted by atomic mass is 35.5. The molecular formula is C18H21ClN4O. The van der Waals surface area contributed by atoms with E-state index in [-0.39, 0.29) is 12.1 Å². The minimum atomic E-state index is -0.0582.